The Kier molecular flexibility index (Phi) is 4.60. The summed E-state index contributed by atoms with van der Waals surface area (Å²) in [5, 5.41) is -0.137. The third kappa shape index (κ3) is 3.74. The van der Waals surface area contributed by atoms with Gasteiger partial charge >= 0.3 is 0 Å². The maximum absolute atomic E-state index is 11.9. The minimum absolute atomic E-state index is 0.0746. The van der Waals surface area contributed by atoms with Gasteiger partial charge in [-0.25, -0.2) is 13.1 Å². The summed E-state index contributed by atoms with van der Waals surface area (Å²) in [4.78, 5) is 6.94. The molecule has 1 N–H and O–H groups in total. The van der Waals surface area contributed by atoms with E-state index >= 15 is 0 Å². The standard InChI is InChI=1S/C18H27N3O3S/c1-14-3-2-4-16(20-14)11-21-12-18(13-21)15(8-10-24-18)7-9-19-25(22,23)17-5-6-17/h2-4,15,17,19H,5-13H2,1H3. The van der Waals surface area contributed by atoms with Crippen molar-refractivity contribution in [3.8, 4) is 0 Å². The molecular weight excluding hydrogens is 338 g/mol. The summed E-state index contributed by atoms with van der Waals surface area (Å²) in [6.07, 6.45) is 3.52. The van der Waals surface area contributed by atoms with E-state index in [1.807, 2.05) is 19.1 Å². The summed E-state index contributed by atoms with van der Waals surface area (Å²) < 4.78 is 32.7. The normalized spacial score (nSPS) is 26.0. The molecule has 3 aliphatic rings. The molecule has 1 aromatic rings. The molecule has 1 unspecified atom stereocenters. The van der Waals surface area contributed by atoms with Crippen LogP contribution in [0.25, 0.3) is 0 Å². The van der Waals surface area contributed by atoms with Crippen LogP contribution in [0.2, 0.25) is 0 Å². The lowest BCUT2D eigenvalue weighted by atomic mass is 9.79. The molecule has 3 heterocycles. The van der Waals surface area contributed by atoms with Crippen LogP contribution >= 0.6 is 0 Å². The third-order valence-electron chi connectivity index (χ3n) is 5.67. The van der Waals surface area contributed by atoms with E-state index in [2.05, 4.69) is 20.7 Å². The molecule has 1 aliphatic carbocycles. The molecule has 1 atom stereocenters. The number of ether oxygens (including phenoxy) is 1. The second-order valence-electron chi connectivity index (χ2n) is 7.74. The largest absolute Gasteiger partial charge is 0.372 e. The zero-order valence-corrected chi connectivity index (χ0v) is 15.6. The summed E-state index contributed by atoms with van der Waals surface area (Å²) in [5.41, 5.74) is 2.07. The topological polar surface area (TPSA) is 71.5 Å². The van der Waals surface area contributed by atoms with E-state index in [1.54, 1.807) is 0 Å². The molecule has 2 saturated heterocycles. The lowest BCUT2D eigenvalue weighted by molar-refractivity contribution is -0.137. The molecule has 1 spiro atoms. The first kappa shape index (κ1) is 17.4. The molecule has 0 aromatic carbocycles. The summed E-state index contributed by atoms with van der Waals surface area (Å²) >= 11 is 0. The van der Waals surface area contributed by atoms with Crippen LogP contribution in [-0.2, 0) is 21.3 Å². The third-order valence-corrected chi connectivity index (χ3v) is 7.63. The number of aromatic nitrogens is 1. The average molecular weight is 365 g/mol. The van der Waals surface area contributed by atoms with Gasteiger partial charge in [0.25, 0.3) is 0 Å². The second-order valence-corrected chi connectivity index (χ2v) is 9.79. The summed E-state index contributed by atoms with van der Waals surface area (Å²) in [6.45, 7) is 6.03. The van der Waals surface area contributed by atoms with E-state index in [9.17, 15) is 8.42 Å². The van der Waals surface area contributed by atoms with Crippen LogP contribution in [0.1, 0.15) is 37.1 Å². The summed E-state index contributed by atoms with van der Waals surface area (Å²) in [5.74, 6) is 0.441. The van der Waals surface area contributed by atoms with Crippen LogP contribution in [0.5, 0.6) is 0 Å². The molecule has 1 saturated carbocycles. The van der Waals surface area contributed by atoms with Crippen molar-refractivity contribution in [2.45, 2.75) is 50.0 Å². The van der Waals surface area contributed by atoms with Crippen molar-refractivity contribution >= 4 is 10.0 Å². The van der Waals surface area contributed by atoms with Gasteiger partial charge in [0, 0.05) is 38.5 Å². The highest BCUT2D eigenvalue weighted by molar-refractivity contribution is 7.90. The first-order chi connectivity index (χ1) is 12.0. The molecule has 7 heteroatoms. The number of rotatable bonds is 7. The van der Waals surface area contributed by atoms with Crippen molar-refractivity contribution < 1.29 is 13.2 Å². The first-order valence-electron chi connectivity index (χ1n) is 9.24. The van der Waals surface area contributed by atoms with E-state index < -0.39 is 10.0 Å². The Morgan fingerprint density at radius 1 is 1.32 bits per heavy atom. The van der Waals surface area contributed by atoms with Gasteiger partial charge in [0.2, 0.25) is 10.0 Å². The highest BCUT2D eigenvalue weighted by Crippen LogP contribution is 2.42. The number of likely N-dealkylation sites (tertiary alicyclic amines) is 1. The Labute approximate surface area is 150 Å². The zero-order chi connectivity index (χ0) is 17.5. The molecule has 0 amide bonds. The van der Waals surface area contributed by atoms with Gasteiger partial charge in [-0.15, -0.1) is 0 Å². The maximum Gasteiger partial charge on any atom is 0.214 e. The fourth-order valence-electron chi connectivity index (χ4n) is 4.15. The van der Waals surface area contributed by atoms with Crippen molar-refractivity contribution in [1.29, 1.82) is 0 Å². The first-order valence-corrected chi connectivity index (χ1v) is 10.8. The van der Waals surface area contributed by atoms with E-state index in [0.717, 1.165) is 63.3 Å². The van der Waals surface area contributed by atoms with Crippen molar-refractivity contribution in [3.63, 3.8) is 0 Å². The van der Waals surface area contributed by atoms with Crippen LogP contribution in [0.4, 0.5) is 0 Å². The van der Waals surface area contributed by atoms with E-state index in [4.69, 9.17) is 4.74 Å². The number of hydrogen-bond donors (Lipinski definition) is 1. The minimum atomic E-state index is -3.07. The predicted octanol–water partition coefficient (Wildman–Crippen LogP) is 1.45. The van der Waals surface area contributed by atoms with Gasteiger partial charge in [-0.3, -0.25) is 9.88 Å². The highest BCUT2D eigenvalue weighted by Gasteiger charge is 2.52. The second kappa shape index (κ2) is 6.61. The van der Waals surface area contributed by atoms with Gasteiger partial charge in [-0.05, 0) is 50.7 Å². The number of hydrogen-bond acceptors (Lipinski definition) is 5. The molecule has 0 radical (unpaired) electrons. The smallest absolute Gasteiger partial charge is 0.214 e. The number of sulfonamides is 1. The molecule has 6 nitrogen and oxygen atoms in total. The highest BCUT2D eigenvalue weighted by atomic mass is 32.2. The van der Waals surface area contributed by atoms with Crippen molar-refractivity contribution in [3.05, 3.63) is 29.6 Å². The van der Waals surface area contributed by atoms with Crippen LogP contribution in [0.15, 0.2) is 18.2 Å². The monoisotopic (exact) mass is 365 g/mol. The molecule has 3 fully saturated rings. The van der Waals surface area contributed by atoms with Crippen LogP contribution in [0, 0.1) is 12.8 Å². The molecular formula is C18H27N3O3S. The van der Waals surface area contributed by atoms with E-state index in [0.29, 0.717) is 12.5 Å². The van der Waals surface area contributed by atoms with Gasteiger partial charge < -0.3 is 4.74 Å². The molecule has 0 bridgehead atoms. The SMILES string of the molecule is Cc1cccc(CN2CC3(C2)OCCC3CCNS(=O)(=O)C2CC2)n1. The van der Waals surface area contributed by atoms with Gasteiger partial charge in [-0.1, -0.05) is 6.07 Å². The molecule has 1 aromatic heterocycles. The molecule has 2 aliphatic heterocycles. The van der Waals surface area contributed by atoms with Gasteiger partial charge in [0.15, 0.2) is 0 Å². The fourth-order valence-corrected chi connectivity index (χ4v) is 5.55. The molecule has 4 rings (SSSR count). The van der Waals surface area contributed by atoms with Gasteiger partial charge in [0.05, 0.1) is 16.5 Å². The zero-order valence-electron chi connectivity index (χ0n) is 14.8. The van der Waals surface area contributed by atoms with Crippen molar-refractivity contribution in [1.82, 2.24) is 14.6 Å². The Morgan fingerprint density at radius 2 is 2.12 bits per heavy atom. The Hall–Kier alpha value is -1.02. The van der Waals surface area contributed by atoms with E-state index in [-0.39, 0.29) is 10.9 Å². The van der Waals surface area contributed by atoms with Gasteiger partial charge in [-0.2, -0.15) is 0 Å². The lowest BCUT2D eigenvalue weighted by Gasteiger charge is -2.50. The quantitative estimate of drug-likeness (QED) is 0.792. The maximum atomic E-state index is 11.9. The predicted molar refractivity (Wildman–Crippen MR) is 95.6 cm³/mol. The van der Waals surface area contributed by atoms with Crippen LogP contribution < -0.4 is 4.72 Å². The van der Waals surface area contributed by atoms with Crippen molar-refractivity contribution in [2.75, 3.05) is 26.2 Å². The Morgan fingerprint density at radius 3 is 2.84 bits per heavy atom. The Balaban J connectivity index is 1.27. The van der Waals surface area contributed by atoms with Crippen molar-refractivity contribution in [2.24, 2.45) is 5.92 Å². The number of nitrogens with one attached hydrogen (secondary N) is 1. The van der Waals surface area contributed by atoms with Crippen LogP contribution in [-0.4, -0.2) is 55.4 Å². The van der Waals surface area contributed by atoms with E-state index in [1.165, 1.54) is 0 Å². The summed E-state index contributed by atoms with van der Waals surface area (Å²) in [7, 11) is -3.07. The molecule has 25 heavy (non-hydrogen) atoms. The van der Waals surface area contributed by atoms with Crippen LogP contribution in [0.3, 0.4) is 0 Å². The molecule has 138 valence electrons. The minimum Gasteiger partial charge on any atom is -0.372 e. The summed E-state index contributed by atoms with van der Waals surface area (Å²) in [6, 6.07) is 6.13. The van der Waals surface area contributed by atoms with Gasteiger partial charge in [0.1, 0.15) is 0 Å². The fraction of sp³-hybridized carbons (Fsp3) is 0.722. The Bertz CT molecular complexity index is 727. The lowest BCUT2D eigenvalue weighted by Crippen LogP contribution is -2.64. The number of aryl methyl sites for hydroxylation is 1. The number of nitrogens with zero attached hydrogens (tertiary/aromatic N) is 2. The number of pyridine rings is 1. The average Bonchev–Trinajstić information content (AvgIpc) is 3.30.